The van der Waals surface area contributed by atoms with Crippen molar-refractivity contribution < 1.29 is 29.6 Å². The average molecular weight is 391 g/mol. The van der Waals surface area contributed by atoms with Gasteiger partial charge in [-0.05, 0) is 37.0 Å². The zero-order valence-electron chi connectivity index (χ0n) is 16.3. The minimum atomic E-state index is 0. The van der Waals surface area contributed by atoms with Gasteiger partial charge >= 0.3 is 29.6 Å². The molecule has 3 rings (SSSR count). The van der Waals surface area contributed by atoms with Crippen molar-refractivity contribution in [1.29, 1.82) is 0 Å². The van der Waals surface area contributed by atoms with Crippen LogP contribution in [0.15, 0.2) is 42.9 Å². The number of fused-ring (bicyclic) bond motifs is 1. The molecule has 2 aromatic heterocycles. The van der Waals surface area contributed by atoms with Gasteiger partial charge in [-0.3, -0.25) is 4.98 Å². The van der Waals surface area contributed by atoms with Crippen molar-refractivity contribution in [1.82, 2.24) is 20.3 Å². The van der Waals surface area contributed by atoms with E-state index in [4.69, 9.17) is 11.6 Å². The summed E-state index contributed by atoms with van der Waals surface area (Å²) in [6.07, 6.45) is 5.53. The van der Waals surface area contributed by atoms with E-state index in [2.05, 4.69) is 53.7 Å². The summed E-state index contributed by atoms with van der Waals surface area (Å²) in [6.45, 7) is 13.0. The normalized spacial score (nSPS) is 10.8. The van der Waals surface area contributed by atoms with Gasteiger partial charge in [-0.1, -0.05) is 43.9 Å². The summed E-state index contributed by atoms with van der Waals surface area (Å²) in [6, 6.07) is 6.09. The Morgan fingerprint density at radius 3 is 2.59 bits per heavy atom. The predicted octanol–water partition coefficient (Wildman–Crippen LogP) is 2.50. The summed E-state index contributed by atoms with van der Waals surface area (Å²) in [5.74, 6) is 0.509. The van der Waals surface area contributed by atoms with Gasteiger partial charge in [0.25, 0.3) is 0 Å². The molecule has 6 heteroatoms. The first-order valence-electron chi connectivity index (χ1n) is 8.90. The summed E-state index contributed by atoms with van der Waals surface area (Å²) in [5.41, 5.74) is 5.44. The number of allylic oxidation sites excluding steroid dienone is 1. The van der Waals surface area contributed by atoms with Crippen molar-refractivity contribution in [2.24, 2.45) is 5.92 Å². The minimum absolute atomic E-state index is 0. The molecule has 4 nitrogen and oxygen atoms in total. The fourth-order valence-electron chi connectivity index (χ4n) is 3.13. The van der Waals surface area contributed by atoms with Gasteiger partial charge in [0, 0.05) is 34.1 Å². The Hall–Kier alpha value is -1.46. The van der Waals surface area contributed by atoms with E-state index in [-0.39, 0.29) is 29.6 Å². The van der Waals surface area contributed by atoms with E-state index in [1.165, 1.54) is 0 Å². The van der Waals surface area contributed by atoms with Crippen LogP contribution in [0.5, 0.6) is 0 Å². The van der Waals surface area contributed by atoms with Gasteiger partial charge in [0.15, 0.2) is 0 Å². The zero-order valence-corrected chi connectivity index (χ0v) is 19.0. The maximum Gasteiger partial charge on any atom is 1.00 e. The minimum Gasteiger partial charge on any atom is -0.383 e. The number of benzene rings is 1. The Kier molecular flexibility index (Phi) is 7.80. The standard InChI is InChI=1S/C21H24ClN4.Na/c1-5-15(6-2)14(4)24-11-17-7-16-8-19(22)18(9-20(16)26-17)21-12-23-13(3)10-25-21;/h7-10,12,15,24,26H,3-6,11H2,1-2H3;/q-1;+1. The van der Waals surface area contributed by atoms with E-state index in [1.54, 1.807) is 12.4 Å². The second kappa shape index (κ2) is 9.65. The summed E-state index contributed by atoms with van der Waals surface area (Å²) < 4.78 is 0. The Labute approximate surface area is 188 Å². The number of nitrogens with zero attached hydrogens (tertiary/aromatic N) is 2. The van der Waals surface area contributed by atoms with Gasteiger partial charge in [0.2, 0.25) is 0 Å². The summed E-state index contributed by atoms with van der Waals surface area (Å²) >= 11 is 6.47. The number of nitrogens with one attached hydrogen (secondary N) is 2. The molecule has 0 unspecified atom stereocenters. The number of rotatable bonds is 7. The largest absolute Gasteiger partial charge is 1.00 e. The van der Waals surface area contributed by atoms with E-state index >= 15 is 0 Å². The van der Waals surface area contributed by atoms with E-state index in [0.29, 0.717) is 23.2 Å². The Balaban J connectivity index is 0.00000261. The van der Waals surface area contributed by atoms with Crippen LogP contribution in [-0.2, 0) is 6.54 Å². The predicted molar refractivity (Wildman–Crippen MR) is 109 cm³/mol. The molecule has 0 saturated heterocycles. The van der Waals surface area contributed by atoms with Crippen LogP contribution < -0.4 is 34.9 Å². The molecule has 0 atom stereocenters. The van der Waals surface area contributed by atoms with Crippen LogP contribution in [-0.4, -0.2) is 15.0 Å². The van der Waals surface area contributed by atoms with Crippen LogP contribution in [0.1, 0.15) is 38.1 Å². The zero-order chi connectivity index (χ0) is 18.7. The maximum absolute atomic E-state index is 6.47. The van der Waals surface area contributed by atoms with E-state index in [0.717, 1.165) is 46.4 Å². The summed E-state index contributed by atoms with van der Waals surface area (Å²) in [7, 11) is 0. The molecule has 0 amide bonds. The fourth-order valence-corrected chi connectivity index (χ4v) is 3.40. The molecule has 0 radical (unpaired) electrons. The van der Waals surface area contributed by atoms with E-state index in [1.807, 2.05) is 12.1 Å². The number of aromatic nitrogens is 3. The Morgan fingerprint density at radius 1 is 1.22 bits per heavy atom. The molecule has 0 bridgehead atoms. The van der Waals surface area contributed by atoms with E-state index < -0.39 is 0 Å². The molecule has 3 aromatic rings. The molecule has 27 heavy (non-hydrogen) atoms. The summed E-state index contributed by atoms with van der Waals surface area (Å²) in [5, 5.41) is 5.17. The summed E-state index contributed by atoms with van der Waals surface area (Å²) in [4.78, 5) is 12.0. The first kappa shape index (κ1) is 21.8. The third-order valence-corrected chi connectivity index (χ3v) is 5.04. The third kappa shape index (κ3) is 5.08. The molecule has 0 aliphatic carbocycles. The molecule has 1 aromatic carbocycles. The fraction of sp³-hybridized carbons (Fsp3) is 0.286. The first-order chi connectivity index (χ1) is 12.5. The van der Waals surface area contributed by atoms with Crippen LogP contribution in [0.3, 0.4) is 0 Å². The van der Waals surface area contributed by atoms with Gasteiger partial charge in [-0.25, -0.2) is 6.92 Å². The van der Waals surface area contributed by atoms with Crippen LogP contribution in [0, 0.1) is 12.8 Å². The number of hydrogen-bond donors (Lipinski definition) is 2. The van der Waals surface area contributed by atoms with E-state index in [9.17, 15) is 0 Å². The van der Waals surface area contributed by atoms with Crippen molar-refractivity contribution in [2.45, 2.75) is 33.2 Å². The molecule has 2 heterocycles. The van der Waals surface area contributed by atoms with Crippen molar-refractivity contribution in [3.63, 3.8) is 0 Å². The molecule has 0 fully saturated rings. The first-order valence-corrected chi connectivity index (χ1v) is 9.27. The van der Waals surface area contributed by atoms with Crippen molar-refractivity contribution in [3.05, 3.63) is 66.2 Å². The number of halogens is 1. The SMILES string of the molecule is C=C(NCc1cc2cc(Cl)c(-c3cnc([CH2-])cn3)cc2[nH]1)C(CC)CC.[Na+]. The molecule has 0 aliphatic heterocycles. The molecular formula is C21H24ClN4Na. The quantitative estimate of drug-likeness (QED) is 0.481. The van der Waals surface area contributed by atoms with Gasteiger partial charge in [0.05, 0.1) is 17.3 Å². The van der Waals surface area contributed by atoms with Crippen LogP contribution >= 0.6 is 11.6 Å². The maximum atomic E-state index is 6.47. The second-order valence-corrected chi connectivity index (χ2v) is 6.91. The van der Waals surface area contributed by atoms with Crippen LogP contribution in [0.25, 0.3) is 22.2 Å². The molecule has 0 saturated carbocycles. The Morgan fingerprint density at radius 2 is 1.96 bits per heavy atom. The Bertz CT molecular complexity index is 914. The van der Waals surface area contributed by atoms with Crippen molar-refractivity contribution in [3.8, 4) is 11.3 Å². The molecule has 2 N–H and O–H groups in total. The second-order valence-electron chi connectivity index (χ2n) is 6.50. The number of aromatic amines is 1. The third-order valence-electron chi connectivity index (χ3n) is 4.73. The molecule has 0 aliphatic rings. The monoisotopic (exact) mass is 390 g/mol. The number of H-pyrrole nitrogens is 1. The molecule has 0 spiro atoms. The molecule has 136 valence electrons. The smallest absolute Gasteiger partial charge is 0.383 e. The molecular weight excluding hydrogens is 367 g/mol. The van der Waals surface area contributed by atoms with Gasteiger partial charge in [0.1, 0.15) is 0 Å². The van der Waals surface area contributed by atoms with Crippen molar-refractivity contribution >= 4 is 22.5 Å². The van der Waals surface area contributed by atoms with Crippen LogP contribution in [0.2, 0.25) is 5.02 Å². The number of hydrogen-bond acceptors (Lipinski definition) is 3. The average Bonchev–Trinajstić information content (AvgIpc) is 3.03. The van der Waals surface area contributed by atoms with Crippen LogP contribution in [0.4, 0.5) is 0 Å². The van der Waals surface area contributed by atoms with Crippen molar-refractivity contribution in [2.75, 3.05) is 0 Å². The van der Waals surface area contributed by atoms with Gasteiger partial charge < -0.3 is 15.3 Å². The van der Waals surface area contributed by atoms with Gasteiger partial charge in [-0.2, -0.15) is 0 Å². The van der Waals surface area contributed by atoms with Gasteiger partial charge in [-0.15, -0.1) is 0 Å². The topological polar surface area (TPSA) is 53.6 Å².